The van der Waals surface area contributed by atoms with Crippen LogP contribution >= 0.6 is 15.9 Å². The fourth-order valence-corrected chi connectivity index (χ4v) is 2.65. The molecule has 3 atom stereocenters. The first-order valence-electron chi connectivity index (χ1n) is 6.20. The molecular weight excluding hydrogens is 331 g/mol. The Morgan fingerprint density at radius 2 is 2.11 bits per heavy atom. The highest BCUT2D eigenvalue weighted by molar-refractivity contribution is 9.10. The summed E-state index contributed by atoms with van der Waals surface area (Å²) in [5.41, 5.74) is 0.557. The van der Waals surface area contributed by atoms with Gasteiger partial charge in [-0.05, 0) is 55.3 Å². The smallest absolute Gasteiger partial charge is 0.136 e. The second kappa shape index (κ2) is 7.02. The number of alkyl halides is 1. The maximum Gasteiger partial charge on any atom is 0.136 e. The van der Waals surface area contributed by atoms with Crippen molar-refractivity contribution in [2.45, 2.75) is 51.1 Å². The number of hydrogen-bond donors (Lipinski definition) is 1. The van der Waals surface area contributed by atoms with E-state index in [1.807, 2.05) is 20.8 Å². The summed E-state index contributed by atoms with van der Waals surface area (Å²) >= 11 is 1.93. The van der Waals surface area contributed by atoms with Crippen LogP contribution in [-0.2, 0) is 11.4 Å². The van der Waals surface area contributed by atoms with E-state index in [2.05, 4.69) is 25.6 Å². The first kappa shape index (κ1) is 16.9. The lowest BCUT2D eigenvalue weighted by atomic mass is 10.1. The van der Waals surface area contributed by atoms with Gasteiger partial charge in [-0.3, -0.25) is 0 Å². The number of nitrogens with one attached hydrogen (secondary N) is 1. The van der Waals surface area contributed by atoms with Crippen molar-refractivity contribution in [2.24, 2.45) is 0 Å². The molecule has 19 heavy (non-hydrogen) atoms. The quantitative estimate of drug-likeness (QED) is 0.650. The average molecular weight is 351 g/mol. The van der Waals surface area contributed by atoms with Crippen molar-refractivity contribution in [1.29, 1.82) is 0 Å². The second-order valence-electron chi connectivity index (χ2n) is 5.29. The van der Waals surface area contributed by atoms with E-state index < -0.39 is 28.3 Å². The highest BCUT2D eigenvalue weighted by Crippen LogP contribution is 2.25. The highest BCUT2D eigenvalue weighted by Gasteiger charge is 2.33. The van der Waals surface area contributed by atoms with E-state index in [0.717, 1.165) is 0 Å². The fraction of sp³-hybridized carbons (Fsp3) is 0.615. The molecule has 0 radical (unpaired) electrons. The van der Waals surface area contributed by atoms with Crippen LogP contribution in [-0.4, -0.2) is 20.5 Å². The van der Waals surface area contributed by atoms with Gasteiger partial charge in [0.15, 0.2) is 0 Å². The Morgan fingerprint density at radius 3 is 2.58 bits per heavy atom. The van der Waals surface area contributed by atoms with Crippen LogP contribution in [0.4, 0.5) is 4.39 Å². The molecule has 108 valence electrons. The van der Waals surface area contributed by atoms with E-state index in [0.29, 0.717) is 16.7 Å². The first-order chi connectivity index (χ1) is 8.75. The van der Waals surface area contributed by atoms with Crippen LogP contribution in [0, 0.1) is 0 Å². The molecular formula is C13H20BrFN2OS. The molecule has 0 unspecified atom stereocenters. The summed E-state index contributed by atoms with van der Waals surface area (Å²) in [5, 5.41) is 0. The number of pyridine rings is 1. The second-order valence-corrected chi connectivity index (χ2v) is 8.10. The lowest BCUT2D eigenvalue weighted by Gasteiger charge is -2.29. The Bertz CT molecular complexity index is 414. The van der Waals surface area contributed by atoms with Gasteiger partial charge in [0.25, 0.3) is 0 Å². The molecule has 3 nitrogen and oxygen atoms in total. The van der Waals surface area contributed by atoms with Gasteiger partial charge in [-0.1, -0.05) is 13.0 Å². The normalized spacial score (nSPS) is 17.0. The van der Waals surface area contributed by atoms with E-state index in [1.165, 1.54) is 0 Å². The molecule has 1 aromatic heterocycles. The molecule has 0 fully saturated rings. The molecule has 1 rings (SSSR count). The summed E-state index contributed by atoms with van der Waals surface area (Å²) in [6.07, 6.45) is -0.791. The van der Waals surface area contributed by atoms with Crippen molar-refractivity contribution < 1.29 is 8.94 Å². The van der Waals surface area contributed by atoms with Gasteiger partial charge in [-0.2, -0.15) is 0 Å². The van der Waals surface area contributed by atoms with Gasteiger partial charge in [-0.25, -0.2) is 9.37 Å². The molecule has 6 heteroatoms. The van der Waals surface area contributed by atoms with E-state index in [-0.39, 0.29) is 0 Å². The summed E-state index contributed by atoms with van der Waals surface area (Å²) in [7, 11) is 0. The molecule has 1 aromatic rings. The molecule has 0 saturated carbocycles. The number of nitrogens with zero attached hydrogens (tertiary/aromatic N) is 1. The van der Waals surface area contributed by atoms with Gasteiger partial charge in [0.1, 0.15) is 21.6 Å². The Hall–Kier alpha value is -0.170. The molecule has 0 saturated heterocycles. The number of aromatic nitrogens is 1. The maximum atomic E-state index is 14.1. The van der Waals surface area contributed by atoms with Crippen molar-refractivity contribution in [3.63, 3.8) is 0 Å². The van der Waals surface area contributed by atoms with E-state index in [1.54, 1.807) is 25.1 Å². The summed E-state index contributed by atoms with van der Waals surface area (Å²) in [6, 6.07) is 4.65. The predicted molar refractivity (Wildman–Crippen MR) is 80.9 cm³/mol. The van der Waals surface area contributed by atoms with E-state index >= 15 is 0 Å². The fourth-order valence-electron chi connectivity index (χ4n) is 1.44. The number of halogens is 2. The number of rotatable bonds is 5. The SMILES string of the molecule is CC[C@@H](F)[C@H](N[S@+]([O-])C(C)(C)C)c1cccc(Br)n1. The zero-order valence-electron chi connectivity index (χ0n) is 11.6. The van der Waals surface area contributed by atoms with Crippen molar-refractivity contribution >= 4 is 27.3 Å². The molecule has 0 aromatic carbocycles. The molecule has 0 amide bonds. The van der Waals surface area contributed by atoms with Gasteiger partial charge in [0.05, 0.1) is 5.69 Å². The lowest BCUT2D eigenvalue weighted by molar-refractivity contribution is 0.259. The van der Waals surface area contributed by atoms with Crippen LogP contribution in [0.1, 0.15) is 45.9 Å². The van der Waals surface area contributed by atoms with Crippen LogP contribution in [0.2, 0.25) is 0 Å². The Kier molecular flexibility index (Phi) is 6.23. The number of hydrogen-bond acceptors (Lipinski definition) is 3. The van der Waals surface area contributed by atoms with Crippen molar-refractivity contribution in [1.82, 2.24) is 9.71 Å². The third-order valence-corrected chi connectivity index (χ3v) is 4.62. The molecule has 0 bridgehead atoms. The van der Waals surface area contributed by atoms with Crippen molar-refractivity contribution in [2.75, 3.05) is 0 Å². The maximum absolute atomic E-state index is 14.1. The Labute approximate surface area is 125 Å². The Morgan fingerprint density at radius 1 is 1.47 bits per heavy atom. The Balaban J connectivity index is 2.96. The zero-order valence-corrected chi connectivity index (χ0v) is 14.0. The molecule has 1 heterocycles. The minimum Gasteiger partial charge on any atom is -0.598 e. The summed E-state index contributed by atoms with van der Waals surface area (Å²) in [4.78, 5) is 4.26. The molecule has 0 aliphatic rings. The van der Waals surface area contributed by atoms with Gasteiger partial charge in [0.2, 0.25) is 0 Å². The van der Waals surface area contributed by atoms with Gasteiger partial charge in [0, 0.05) is 11.4 Å². The minimum atomic E-state index is -1.34. The standard InChI is InChI=1S/C13H20BrFN2OS/c1-5-9(15)12(17-19(18)13(2,3)4)10-7-6-8-11(14)16-10/h6-9,12,17H,5H2,1-4H3/t9-,12+,19-/m1/s1. The zero-order chi connectivity index (χ0) is 14.6. The summed E-state index contributed by atoms with van der Waals surface area (Å²) in [6.45, 7) is 7.30. The van der Waals surface area contributed by atoms with Gasteiger partial charge in [-0.15, -0.1) is 4.72 Å². The average Bonchev–Trinajstić information content (AvgIpc) is 2.33. The first-order valence-corrected chi connectivity index (χ1v) is 8.14. The minimum absolute atomic E-state index is 0.340. The third kappa shape index (κ3) is 5.02. The van der Waals surface area contributed by atoms with Crippen LogP contribution < -0.4 is 4.72 Å². The van der Waals surface area contributed by atoms with Crippen molar-refractivity contribution in [3.8, 4) is 0 Å². The predicted octanol–water partition coefficient (Wildman–Crippen LogP) is 3.69. The highest BCUT2D eigenvalue weighted by atomic mass is 79.9. The van der Waals surface area contributed by atoms with Crippen molar-refractivity contribution in [3.05, 3.63) is 28.5 Å². The van der Waals surface area contributed by atoms with E-state index in [9.17, 15) is 8.94 Å². The third-order valence-electron chi connectivity index (χ3n) is 2.60. The topological polar surface area (TPSA) is 48.0 Å². The van der Waals surface area contributed by atoms with Crippen LogP contribution in [0.25, 0.3) is 0 Å². The summed E-state index contributed by atoms with van der Waals surface area (Å²) in [5.74, 6) is 0. The van der Waals surface area contributed by atoms with Crippen LogP contribution in [0.3, 0.4) is 0 Å². The van der Waals surface area contributed by atoms with Gasteiger partial charge < -0.3 is 4.55 Å². The summed E-state index contributed by atoms with van der Waals surface area (Å²) < 4.78 is 29.3. The molecule has 1 N–H and O–H groups in total. The van der Waals surface area contributed by atoms with Gasteiger partial charge >= 0.3 is 0 Å². The molecule has 0 aliphatic carbocycles. The van der Waals surface area contributed by atoms with Crippen LogP contribution in [0.15, 0.2) is 22.8 Å². The lowest BCUT2D eigenvalue weighted by Crippen LogP contribution is -2.44. The molecule has 0 spiro atoms. The monoisotopic (exact) mass is 350 g/mol. The largest absolute Gasteiger partial charge is 0.598 e. The molecule has 0 aliphatic heterocycles. The van der Waals surface area contributed by atoms with E-state index in [4.69, 9.17) is 0 Å². The van der Waals surface area contributed by atoms with Crippen LogP contribution in [0.5, 0.6) is 0 Å².